The number of carbonyl (C=O) groups is 2. The van der Waals surface area contributed by atoms with Crippen molar-refractivity contribution >= 4 is 23.5 Å². The number of amides is 2. The Hall–Kier alpha value is -3.99. The SMILES string of the molecule is CC(C(=O)Nc1cc(C2CC2)[nH]n1)c1cccc(-c2ccc(NC(=O)/C=C/CN3CCC(C(F)(F)F)C3)nc2)c1. The van der Waals surface area contributed by atoms with Crippen LogP contribution < -0.4 is 10.6 Å². The minimum Gasteiger partial charge on any atom is -0.309 e. The standard InChI is InChI=1S/C29H31F3N6O2/c1-18(28(40)35-26-15-24(36-37-26)19-7-8-19)20-4-2-5-21(14-20)22-9-10-25(33-16-22)34-27(39)6-3-12-38-13-11-23(17-38)29(30,31)32/h2-6,9-10,14-16,18-19,23H,7-8,11-13,17H2,1H3,(H,33,34,39)(H2,35,36,37,40)/b6-3+. The van der Waals surface area contributed by atoms with Crippen molar-refractivity contribution in [2.75, 3.05) is 30.3 Å². The first-order valence-electron chi connectivity index (χ1n) is 13.3. The second-order valence-electron chi connectivity index (χ2n) is 10.4. The molecule has 1 aliphatic carbocycles. The molecule has 11 heteroatoms. The van der Waals surface area contributed by atoms with E-state index in [9.17, 15) is 22.8 Å². The molecule has 0 radical (unpaired) electrons. The van der Waals surface area contributed by atoms with Gasteiger partial charge in [0.25, 0.3) is 0 Å². The van der Waals surface area contributed by atoms with E-state index >= 15 is 0 Å². The first kappa shape index (κ1) is 27.6. The molecule has 5 rings (SSSR count). The van der Waals surface area contributed by atoms with E-state index in [0.717, 1.165) is 35.2 Å². The molecule has 0 spiro atoms. The van der Waals surface area contributed by atoms with Gasteiger partial charge in [-0.1, -0.05) is 30.3 Å². The van der Waals surface area contributed by atoms with Gasteiger partial charge in [0.05, 0.1) is 11.8 Å². The summed E-state index contributed by atoms with van der Waals surface area (Å²) in [6.07, 6.45) is 2.70. The van der Waals surface area contributed by atoms with Crippen molar-refractivity contribution in [2.45, 2.75) is 44.2 Å². The monoisotopic (exact) mass is 552 g/mol. The van der Waals surface area contributed by atoms with E-state index in [1.165, 1.54) is 6.08 Å². The summed E-state index contributed by atoms with van der Waals surface area (Å²) in [5, 5.41) is 12.7. The third-order valence-electron chi connectivity index (χ3n) is 7.36. The molecule has 2 amide bonds. The molecule has 1 saturated carbocycles. The molecule has 1 aromatic carbocycles. The molecule has 3 N–H and O–H groups in total. The number of carbonyl (C=O) groups excluding carboxylic acids is 2. The van der Waals surface area contributed by atoms with Gasteiger partial charge in [-0.15, -0.1) is 0 Å². The topological polar surface area (TPSA) is 103 Å². The molecule has 210 valence electrons. The van der Waals surface area contributed by atoms with E-state index < -0.39 is 23.9 Å². The third kappa shape index (κ3) is 6.95. The van der Waals surface area contributed by atoms with Crippen molar-refractivity contribution in [2.24, 2.45) is 5.92 Å². The van der Waals surface area contributed by atoms with Gasteiger partial charge in [0.15, 0.2) is 5.82 Å². The average molecular weight is 553 g/mol. The van der Waals surface area contributed by atoms with Gasteiger partial charge < -0.3 is 10.6 Å². The van der Waals surface area contributed by atoms with Crippen LogP contribution in [0.4, 0.5) is 24.8 Å². The van der Waals surface area contributed by atoms with Crippen molar-refractivity contribution in [1.82, 2.24) is 20.1 Å². The van der Waals surface area contributed by atoms with Crippen molar-refractivity contribution < 1.29 is 22.8 Å². The molecule has 1 saturated heterocycles. The van der Waals surface area contributed by atoms with Crippen LogP contribution >= 0.6 is 0 Å². The van der Waals surface area contributed by atoms with Gasteiger partial charge in [-0.3, -0.25) is 19.6 Å². The molecular weight excluding hydrogens is 521 g/mol. The first-order chi connectivity index (χ1) is 19.2. The fourth-order valence-electron chi connectivity index (χ4n) is 4.76. The molecule has 2 unspecified atom stereocenters. The Balaban J connectivity index is 1.13. The van der Waals surface area contributed by atoms with Crippen LogP contribution in [0, 0.1) is 5.92 Å². The number of halogens is 3. The lowest BCUT2D eigenvalue weighted by Crippen LogP contribution is -2.27. The number of nitrogens with one attached hydrogen (secondary N) is 3. The van der Waals surface area contributed by atoms with Crippen LogP contribution in [0.3, 0.4) is 0 Å². The maximum Gasteiger partial charge on any atom is 0.393 e. The lowest BCUT2D eigenvalue weighted by molar-refractivity contribution is -0.170. The van der Waals surface area contributed by atoms with Gasteiger partial charge in [0, 0.05) is 48.6 Å². The zero-order chi connectivity index (χ0) is 28.3. The van der Waals surface area contributed by atoms with Crippen LogP contribution in [-0.2, 0) is 9.59 Å². The van der Waals surface area contributed by atoms with Crippen molar-refractivity contribution in [1.29, 1.82) is 0 Å². The highest BCUT2D eigenvalue weighted by Crippen LogP contribution is 2.39. The van der Waals surface area contributed by atoms with Crippen LogP contribution in [0.1, 0.15) is 49.3 Å². The van der Waals surface area contributed by atoms with Crippen LogP contribution in [0.2, 0.25) is 0 Å². The zero-order valence-electron chi connectivity index (χ0n) is 22.0. The second kappa shape index (κ2) is 11.6. The maximum absolute atomic E-state index is 12.8. The maximum atomic E-state index is 12.8. The third-order valence-corrected chi connectivity index (χ3v) is 7.36. The lowest BCUT2D eigenvalue weighted by atomic mass is 9.96. The number of H-pyrrole nitrogens is 1. The van der Waals surface area contributed by atoms with E-state index in [1.54, 1.807) is 23.2 Å². The molecule has 2 aromatic heterocycles. The largest absolute Gasteiger partial charge is 0.393 e. The fraction of sp³-hybridized carbons (Fsp3) is 0.379. The minimum atomic E-state index is -4.18. The Kier molecular flexibility index (Phi) is 8.02. The Morgan fingerprint density at radius 3 is 2.62 bits per heavy atom. The fourth-order valence-corrected chi connectivity index (χ4v) is 4.76. The van der Waals surface area contributed by atoms with Crippen LogP contribution in [0.25, 0.3) is 11.1 Å². The molecule has 2 aliphatic rings. The molecule has 2 fully saturated rings. The minimum absolute atomic E-state index is 0.0472. The molecule has 3 aromatic rings. The predicted octanol–water partition coefficient (Wildman–Crippen LogP) is 5.47. The highest BCUT2D eigenvalue weighted by molar-refractivity contribution is 5.98. The number of likely N-dealkylation sites (tertiary alicyclic amines) is 1. The quantitative estimate of drug-likeness (QED) is 0.306. The van der Waals surface area contributed by atoms with Gasteiger partial charge in [0.2, 0.25) is 11.8 Å². The summed E-state index contributed by atoms with van der Waals surface area (Å²) < 4.78 is 38.4. The second-order valence-corrected chi connectivity index (χ2v) is 10.4. The van der Waals surface area contributed by atoms with Gasteiger partial charge in [0.1, 0.15) is 5.82 Å². The van der Waals surface area contributed by atoms with E-state index in [4.69, 9.17) is 0 Å². The smallest absolute Gasteiger partial charge is 0.309 e. The van der Waals surface area contributed by atoms with Gasteiger partial charge >= 0.3 is 6.18 Å². The molecule has 2 atom stereocenters. The van der Waals surface area contributed by atoms with Crippen LogP contribution in [-0.4, -0.2) is 57.7 Å². The van der Waals surface area contributed by atoms with Crippen molar-refractivity contribution in [3.05, 3.63) is 72.1 Å². The molecular formula is C29H31F3N6O2. The highest BCUT2D eigenvalue weighted by Gasteiger charge is 2.43. The number of hydrogen-bond acceptors (Lipinski definition) is 5. The number of pyridine rings is 1. The summed E-state index contributed by atoms with van der Waals surface area (Å²) in [5.41, 5.74) is 3.59. The normalized spacial score (nSPS) is 18.6. The Bertz CT molecular complexity index is 1380. The number of alkyl halides is 3. The molecule has 8 nitrogen and oxygen atoms in total. The van der Waals surface area contributed by atoms with Crippen LogP contribution in [0.5, 0.6) is 0 Å². The number of anilines is 2. The van der Waals surface area contributed by atoms with Gasteiger partial charge in [-0.05, 0) is 56.0 Å². The zero-order valence-corrected chi connectivity index (χ0v) is 22.0. The Morgan fingerprint density at radius 1 is 1.10 bits per heavy atom. The number of rotatable bonds is 9. The van der Waals surface area contributed by atoms with E-state index in [1.807, 2.05) is 43.3 Å². The van der Waals surface area contributed by atoms with E-state index in [2.05, 4.69) is 25.8 Å². The van der Waals surface area contributed by atoms with Crippen LogP contribution in [0.15, 0.2) is 60.8 Å². The molecule has 0 bridgehead atoms. The first-order valence-corrected chi connectivity index (χ1v) is 13.3. The molecule has 1 aliphatic heterocycles. The predicted molar refractivity (Wildman–Crippen MR) is 146 cm³/mol. The van der Waals surface area contributed by atoms with Crippen molar-refractivity contribution in [3.8, 4) is 11.1 Å². The van der Waals surface area contributed by atoms with E-state index in [0.29, 0.717) is 24.1 Å². The summed E-state index contributed by atoms with van der Waals surface area (Å²) >= 11 is 0. The van der Waals surface area contributed by atoms with Gasteiger partial charge in [-0.25, -0.2) is 4.98 Å². The number of aromatic nitrogens is 3. The summed E-state index contributed by atoms with van der Waals surface area (Å²) in [7, 11) is 0. The Labute approximate surface area is 230 Å². The lowest BCUT2D eigenvalue weighted by Gasteiger charge is -2.15. The summed E-state index contributed by atoms with van der Waals surface area (Å²) in [6, 6.07) is 13.0. The number of hydrogen-bond donors (Lipinski definition) is 3. The van der Waals surface area contributed by atoms with Gasteiger partial charge in [-0.2, -0.15) is 18.3 Å². The summed E-state index contributed by atoms with van der Waals surface area (Å²) in [5.74, 6) is -0.868. The number of benzene rings is 1. The number of aromatic amines is 1. The number of nitrogens with zero attached hydrogens (tertiary/aromatic N) is 3. The summed E-state index contributed by atoms with van der Waals surface area (Å²) in [4.78, 5) is 31.1. The molecule has 3 heterocycles. The average Bonchev–Trinajstić information content (AvgIpc) is 3.47. The van der Waals surface area contributed by atoms with E-state index in [-0.39, 0.29) is 25.4 Å². The highest BCUT2D eigenvalue weighted by atomic mass is 19.4. The van der Waals surface area contributed by atoms with Crippen molar-refractivity contribution in [3.63, 3.8) is 0 Å². The summed E-state index contributed by atoms with van der Waals surface area (Å²) in [6.45, 7) is 2.43. The molecule has 40 heavy (non-hydrogen) atoms. The Morgan fingerprint density at radius 2 is 1.93 bits per heavy atom.